The molecule has 1 fully saturated rings. The second kappa shape index (κ2) is 10.2. The van der Waals surface area contributed by atoms with Gasteiger partial charge in [0.25, 0.3) is 0 Å². The van der Waals surface area contributed by atoms with Gasteiger partial charge >= 0.3 is 12.0 Å². The van der Waals surface area contributed by atoms with Crippen LogP contribution in [0.1, 0.15) is 31.2 Å². The maximum Gasteiger partial charge on any atom is 0.317 e. The zero-order valence-corrected chi connectivity index (χ0v) is 15.9. The zero-order chi connectivity index (χ0) is 18.9. The van der Waals surface area contributed by atoms with Gasteiger partial charge in [-0.15, -0.1) is 0 Å². The summed E-state index contributed by atoms with van der Waals surface area (Å²) in [4.78, 5) is 27.6. The van der Waals surface area contributed by atoms with Gasteiger partial charge in [0.15, 0.2) is 0 Å². The maximum absolute atomic E-state index is 12.6. The van der Waals surface area contributed by atoms with Crippen LogP contribution in [0.4, 0.5) is 4.79 Å². The Morgan fingerprint density at radius 2 is 2.08 bits per heavy atom. The molecular weight excluding hydrogens is 330 g/mol. The van der Waals surface area contributed by atoms with E-state index in [1.807, 2.05) is 37.4 Å². The second-order valence-corrected chi connectivity index (χ2v) is 7.42. The third kappa shape index (κ3) is 7.04. The molecule has 1 aliphatic heterocycles. The molecule has 1 aliphatic rings. The first-order valence-corrected chi connectivity index (χ1v) is 9.40. The number of benzene rings is 1. The highest BCUT2D eigenvalue weighted by Gasteiger charge is 2.22. The summed E-state index contributed by atoms with van der Waals surface area (Å²) in [6.45, 7) is 2.87. The second-order valence-electron chi connectivity index (χ2n) is 7.42. The molecule has 1 aromatic rings. The normalized spacial score (nSPS) is 18.9. The topological polar surface area (TPSA) is 72.9 Å². The maximum atomic E-state index is 12.6. The van der Waals surface area contributed by atoms with Crippen LogP contribution in [0.25, 0.3) is 0 Å². The lowest BCUT2D eigenvalue weighted by Gasteiger charge is -2.33. The summed E-state index contributed by atoms with van der Waals surface area (Å²) >= 11 is 0. The van der Waals surface area contributed by atoms with Crippen molar-refractivity contribution in [3.8, 4) is 0 Å². The number of carboxylic acid groups (broad SMARTS) is 1. The highest BCUT2D eigenvalue weighted by Crippen LogP contribution is 2.16. The van der Waals surface area contributed by atoms with Crippen LogP contribution >= 0.6 is 0 Å². The highest BCUT2D eigenvalue weighted by molar-refractivity contribution is 5.74. The van der Waals surface area contributed by atoms with Crippen LogP contribution in [-0.4, -0.2) is 66.7 Å². The van der Waals surface area contributed by atoms with Crippen molar-refractivity contribution in [3.05, 3.63) is 35.9 Å². The number of urea groups is 1. The first-order chi connectivity index (χ1) is 12.4. The molecule has 0 saturated carbocycles. The van der Waals surface area contributed by atoms with Gasteiger partial charge in [-0.3, -0.25) is 4.79 Å². The molecule has 1 saturated heterocycles. The van der Waals surface area contributed by atoms with Crippen molar-refractivity contribution in [3.63, 3.8) is 0 Å². The predicted octanol–water partition coefficient (Wildman–Crippen LogP) is 2.45. The molecule has 0 aromatic heterocycles. The average Bonchev–Trinajstić information content (AvgIpc) is 2.60. The minimum absolute atomic E-state index is 0.0505. The standard InChI is InChI=1S/C20H31N3O3/c1-22-12-6-9-17(14-22)15-23(2)20(26)21-18(10-11-19(24)25)13-16-7-4-3-5-8-16/h3-5,7-8,17-18H,6,9-15H2,1-2H3,(H,21,26)(H,24,25). The van der Waals surface area contributed by atoms with E-state index in [-0.39, 0.29) is 18.5 Å². The Morgan fingerprint density at radius 1 is 1.35 bits per heavy atom. The van der Waals surface area contributed by atoms with E-state index < -0.39 is 5.97 Å². The number of piperidine rings is 1. The van der Waals surface area contributed by atoms with E-state index in [9.17, 15) is 9.59 Å². The third-order valence-corrected chi connectivity index (χ3v) is 4.96. The lowest BCUT2D eigenvalue weighted by atomic mass is 9.98. The molecule has 1 aromatic carbocycles. The first kappa shape index (κ1) is 20.2. The lowest BCUT2D eigenvalue weighted by molar-refractivity contribution is -0.137. The Bertz CT molecular complexity index is 579. The molecule has 144 valence electrons. The molecule has 2 unspecified atom stereocenters. The molecule has 2 amide bonds. The van der Waals surface area contributed by atoms with Gasteiger partial charge in [-0.1, -0.05) is 30.3 Å². The van der Waals surface area contributed by atoms with E-state index in [1.54, 1.807) is 4.90 Å². The summed E-state index contributed by atoms with van der Waals surface area (Å²) in [5, 5.41) is 12.0. The molecule has 1 heterocycles. The molecule has 26 heavy (non-hydrogen) atoms. The molecule has 0 bridgehead atoms. The number of hydrogen-bond acceptors (Lipinski definition) is 3. The van der Waals surface area contributed by atoms with Crippen LogP contribution in [-0.2, 0) is 11.2 Å². The van der Waals surface area contributed by atoms with Gasteiger partial charge in [0, 0.05) is 32.6 Å². The molecule has 2 N–H and O–H groups in total. The summed E-state index contributed by atoms with van der Waals surface area (Å²) in [5.41, 5.74) is 1.10. The fraction of sp³-hybridized carbons (Fsp3) is 0.600. The third-order valence-electron chi connectivity index (χ3n) is 4.96. The van der Waals surface area contributed by atoms with Gasteiger partial charge in [-0.05, 0) is 50.8 Å². The number of amides is 2. The van der Waals surface area contributed by atoms with Crippen molar-refractivity contribution in [2.45, 2.75) is 38.1 Å². The minimum Gasteiger partial charge on any atom is -0.481 e. The van der Waals surface area contributed by atoms with E-state index >= 15 is 0 Å². The number of nitrogens with one attached hydrogen (secondary N) is 1. The minimum atomic E-state index is -0.837. The van der Waals surface area contributed by atoms with E-state index in [0.29, 0.717) is 18.8 Å². The number of carbonyl (C=O) groups is 2. The summed E-state index contributed by atoms with van der Waals surface area (Å²) in [7, 11) is 3.94. The van der Waals surface area contributed by atoms with Crippen molar-refractivity contribution in [1.29, 1.82) is 0 Å². The number of aliphatic carboxylic acids is 1. The molecule has 0 spiro atoms. The fourth-order valence-corrected chi connectivity index (χ4v) is 3.60. The molecule has 0 aliphatic carbocycles. The van der Waals surface area contributed by atoms with Crippen molar-refractivity contribution in [2.75, 3.05) is 33.7 Å². The SMILES string of the molecule is CN1CCCC(CN(C)C(=O)NC(CCC(=O)O)Cc2ccccc2)C1. The van der Waals surface area contributed by atoms with Crippen LogP contribution in [0.15, 0.2) is 30.3 Å². The smallest absolute Gasteiger partial charge is 0.317 e. The van der Waals surface area contributed by atoms with E-state index in [0.717, 1.165) is 31.6 Å². The van der Waals surface area contributed by atoms with Crippen molar-refractivity contribution in [1.82, 2.24) is 15.1 Å². The Hall–Kier alpha value is -2.08. The fourth-order valence-electron chi connectivity index (χ4n) is 3.60. The van der Waals surface area contributed by atoms with E-state index in [1.165, 1.54) is 6.42 Å². The molecule has 6 nitrogen and oxygen atoms in total. The summed E-state index contributed by atoms with van der Waals surface area (Å²) in [6, 6.07) is 9.56. The van der Waals surface area contributed by atoms with Gasteiger partial charge in [0.1, 0.15) is 0 Å². The summed E-state index contributed by atoms with van der Waals surface area (Å²) < 4.78 is 0. The Balaban J connectivity index is 1.89. The largest absolute Gasteiger partial charge is 0.481 e. The molecule has 6 heteroatoms. The Labute approximate surface area is 156 Å². The van der Waals surface area contributed by atoms with Crippen molar-refractivity contribution >= 4 is 12.0 Å². The zero-order valence-electron chi connectivity index (χ0n) is 15.9. The molecular formula is C20H31N3O3. The van der Waals surface area contributed by atoms with Crippen LogP contribution < -0.4 is 5.32 Å². The van der Waals surface area contributed by atoms with Crippen LogP contribution in [0.5, 0.6) is 0 Å². The van der Waals surface area contributed by atoms with Gasteiger partial charge in [-0.2, -0.15) is 0 Å². The van der Waals surface area contributed by atoms with Gasteiger partial charge in [0.05, 0.1) is 0 Å². The lowest BCUT2D eigenvalue weighted by Crippen LogP contribution is -2.47. The number of carboxylic acids is 1. The molecule has 0 radical (unpaired) electrons. The average molecular weight is 361 g/mol. The van der Waals surface area contributed by atoms with Gasteiger partial charge < -0.3 is 20.2 Å². The highest BCUT2D eigenvalue weighted by atomic mass is 16.4. The Kier molecular flexibility index (Phi) is 7.91. The first-order valence-electron chi connectivity index (χ1n) is 9.40. The molecule has 2 atom stereocenters. The summed E-state index contributed by atoms with van der Waals surface area (Å²) in [5.74, 6) is -0.341. The van der Waals surface area contributed by atoms with Crippen LogP contribution in [0, 0.1) is 5.92 Å². The Morgan fingerprint density at radius 3 is 2.73 bits per heavy atom. The summed E-state index contributed by atoms with van der Waals surface area (Å²) in [6.07, 6.45) is 3.44. The van der Waals surface area contributed by atoms with Gasteiger partial charge in [0.2, 0.25) is 0 Å². The number of rotatable bonds is 8. The number of carbonyl (C=O) groups excluding carboxylic acids is 1. The number of hydrogen-bond donors (Lipinski definition) is 2. The van der Waals surface area contributed by atoms with E-state index in [4.69, 9.17) is 5.11 Å². The van der Waals surface area contributed by atoms with Gasteiger partial charge in [-0.25, -0.2) is 4.79 Å². The molecule has 2 rings (SSSR count). The number of likely N-dealkylation sites (tertiary alicyclic amines) is 1. The van der Waals surface area contributed by atoms with E-state index in [2.05, 4.69) is 17.3 Å². The van der Waals surface area contributed by atoms with Crippen LogP contribution in [0.2, 0.25) is 0 Å². The van der Waals surface area contributed by atoms with Crippen molar-refractivity contribution in [2.24, 2.45) is 5.92 Å². The number of nitrogens with zero attached hydrogens (tertiary/aromatic N) is 2. The van der Waals surface area contributed by atoms with Crippen LogP contribution in [0.3, 0.4) is 0 Å². The predicted molar refractivity (Wildman–Crippen MR) is 102 cm³/mol. The van der Waals surface area contributed by atoms with Crippen molar-refractivity contribution < 1.29 is 14.7 Å². The monoisotopic (exact) mass is 361 g/mol. The quantitative estimate of drug-likeness (QED) is 0.746.